The van der Waals surface area contributed by atoms with Crippen LogP contribution in [-0.2, 0) is 6.42 Å². The van der Waals surface area contributed by atoms with E-state index in [2.05, 4.69) is 48.4 Å². The fourth-order valence-electron chi connectivity index (χ4n) is 3.13. The molecule has 0 spiro atoms. The van der Waals surface area contributed by atoms with E-state index in [1.54, 1.807) is 6.20 Å². The molecule has 110 valence electrons. The summed E-state index contributed by atoms with van der Waals surface area (Å²) in [4.78, 5) is 4.23. The van der Waals surface area contributed by atoms with Crippen molar-refractivity contribution in [1.82, 2.24) is 14.8 Å². The van der Waals surface area contributed by atoms with Gasteiger partial charge in [0, 0.05) is 30.1 Å². The smallest absolute Gasteiger partial charge is 0.133 e. The van der Waals surface area contributed by atoms with Gasteiger partial charge < -0.3 is 5.32 Å². The molecule has 3 heterocycles. The van der Waals surface area contributed by atoms with Gasteiger partial charge in [-0.3, -0.25) is 4.98 Å². The molecule has 4 nitrogen and oxygen atoms in total. The highest BCUT2D eigenvalue weighted by Gasteiger charge is 2.24. The zero-order valence-corrected chi connectivity index (χ0v) is 12.8. The van der Waals surface area contributed by atoms with Crippen LogP contribution in [0.1, 0.15) is 16.7 Å². The van der Waals surface area contributed by atoms with E-state index in [1.165, 1.54) is 16.7 Å². The molecule has 3 aromatic rings. The van der Waals surface area contributed by atoms with Crippen LogP contribution in [0, 0.1) is 13.8 Å². The SMILES string of the molecule is Cc1ccc(-n2nc(-c3cccnc3)c3c2NCC3)c(C)c1. The summed E-state index contributed by atoms with van der Waals surface area (Å²) in [5.74, 6) is 1.12. The van der Waals surface area contributed by atoms with Gasteiger partial charge in [0.05, 0.1) is 11.4 Å². The molecular formula is C18H18N4. The topological polar surface area (TPSA) is 42.7 Å². The van der Waals surface area contributed by atoms with Gasteiger partial charge in [-0.1, -0.05) is 17.7 Å². The summed E-state index contributed by atoms with van der Waals surface area (Å²) in [6.07, 6.45) is 4.68. The number of pyridine rings is 1. The lowest BCUT2D eigenvalue weighted by atomic mass is 10.1. The van der Waals surface area contributed by atoms with Crippen LogP contribution in [0.15, 0.2) is 42.7 Å². The van der Waals surface area contributed by atoms with Gasteiger partial charge in [-0.25, -0.2) is 4.68 Å². The second-order valence-corrected chi connectivity index (χ2v) is 5.80. The summed E-state index contributed by atoms with van der Waals surface area (Å²) in [5.41, 5.74) is 7.03. The molecule has 0 atom stereocenters. The molecular weight excluding hydrogens is 272 g/mol. The van der Waals surface area contributed by atoms with E-state index in [4.69, 9.17) is 5.10 Å². The lowest BCUT2D eigenvalue weighted by molar-refractivity contribution is 0.874. The van der Waals surface area contributed by atoms with Gasteiger partial charge >= 0.3 is 0 Å². The zero-order valence-electron chi connectivity index (χ0n) is 12.8. The maximum absolute atomic E-state index is 4.88. The van der Waals surface area contributed by atoms with Gasteiger partial charge in [-0.15, -0.1) is 0 Å². The van der Waals surface area contributed by atoms with Gasteiger partial charge in [0.1, 0.15) is 5.82 Å². The van der Waals surface area contributed by atoms with Crippen LogP contribution >= 0.6 is 0 Å². The highest BCUT2D eigenvalue weighted by atomic mass is 15.3. The molecule has 1 aliphatic rings. The number of benzene rings is 1. The highest BCUT2D eigenvalue weighted by molar-refractivity contribution is 5.72. The molecule has 1 aliphatic heterocycles. The van der Waals surface area contributed by atoms with Gasteiger partial charge in [-0.2, -0.15) is 5.10 Å². The summed E-state index contributed by atoms with van der Waals surface area (Å²) in [6, 6.07) is 10.5. The molecule has 2 aromatic heterocycles. The van der Waals surface area contributed by atoms with E-state index in [0.717, 1.165) is 35.7 Å². The standard InChI is InChI=1S/C18H18N4/c1-12-5-6-16(13(2)10-12)22-18-15(7-9-20-18)17(21-22)14-4-3-8-19-11-14/h3-6,8,10-11,20H,7,9H2,1-2H3. The molecule has 0 saturated heterocycles. The summed E-state index contributed by atoms with van der Waals surface area (Å²) in [6.45, 7) is 5.21. The average molecular weight is 290 g/mol. The first kappa shape index (κ1) is 13.1. The molecule has 0 amide bonds. The van der Waals surface area contributed by atoms with Crippen LogP contribution in [0.2, 0.25) is 0 Å². The van der Waals surface area contributed by atoms with Crippen molar-refractivity contribution in [2.75, 3.05) is 11.9 Å². The monoisotopic (exact) mass is 290 g/mol. The van der Waals surface area contributed by atoms with Crippen LogP contribution in [0.5, 0.6) is 0 Å². The molecule has 1 N–H and O–H groups in total. The highest BCUT2D eigenvalue weighted by Crippen LogP contribution is 2.34. The maximum Gasteiger partial charge on any atom is 0.133 e. The number of hydrogen-bond donors (Lipinski definition) is 1. The molecule has 4 rings (SSSR count). The Bertz CT molecular complexity index is 834. The van der Waals surface area contributed by atoms with Gasteiger partial charge in [0.15, 0.2) is 0 Å². The number of anilines is 1. The van der Waals surface area contributed by atoms with E-state index in [0.29, 0.717) is 0 Å². The summed E-state index contributed by atoms with van der Waals surface area (Å²) < 4.78 is 2.04. The van der Waals surface area contributed by atoms with E-state index >= 15 is 0 Å². The van der Waals surface area contributed by atoms with Crippen molar-refractivity contribution >= 4 is 5.82 Å². The minimum Gasteiger partial charge on any atom is -0.369 e. The van der Waals surface area contributed by atoms with Gasteiger partial charge in [0.2, 0.25) is 0 Å². The second-order valence-electron chi connectivity index (χ2n) is 5.80. The van der Waals surface area contributed by atoms with Crippen molar-refractivity contribution in [3.63, 3.8) is 0 Å². The predicted molar refractivity (Wildman–Crippen MR) is 88.5 cm³/mol. The number of aryl methyl sites for hydroxylation is 2. The molecule has 0 fully saturated rings. The van der Waals surface area contributed by atoms with E-state index < -0.39 is 0 Å². The number of rotatable bonds is 2. The Morgan fingerprint density at radius 1 is 1.18 bits per heavy atom. The van der Waals surface area contributed by atoms with E-state index in [1.807, 2.05) is 16.9 Å². The Balaban J connectivity index is 1.92. The average Bonchev–Trinajstić information content (AvgIpc) is 3.11. The fraction of sp³-hybridized carbons (Fsp3) is 0.222. The Kier molecular flexibility index (Phi) is 2.96. The van der Waals surface area contributed by atoms with Crippen molar-refractivity contribution in [3.8, 4) is 16.9 Å². The molecule has 4 heteroatoms. The van der Waals surface area contributed by atoms with Crippen molar-refractivity contribution in [3.05, 3.63) is 59.4 Å². The summed E-state index contributed by atoms with van der Waals surface area (Å²) >= 11 is 0. The lowest BCUT2D eigenvalue weighted by Gasteiger charge is -2.10. The van der Waals surface area contributed by atoms with Crippen LogP contribution in [0.3, 0.4) is 0 Å². The Morgan fingerprint density at radius 3 is 2.86 bits per heavy atom. The number of hydrogen-bond acceptors (Lipinski definition) is 3. The quantitative estimate of drug-likeness (QED) is 0.785. The Labute approximate surface area is 129 Å². The third-order valence-corrected chi connectivity index (χ3v) is 4.17. The van der Waals surface area contributed by atoms with Gasteiger partial charge in [0.25, 0.3) is 0 Å². The minimum atomic E-state index is 0.964. The molecule has 0 aliphatic carbocycles. The molecule has 0 radical (unpaired) electrons. The lowest BCUT2D eigenvalue weighted by Crippen LogP contribution is -2.05. The maximum atomic E-state index is 4.88. The predicted octanol–water partition coefficient (Wildman–Crippen LogP) is 3.52. The van der Waals surface area contributed by atoms with Crippen LogP contribution < -0.4 is 5.32 Å². The van der Waals surface area contributed by atoms with Gasteiger partial charge in [-0.05, 0) is 44.0 Å². The normalized spacial score (nSPS) is 13.0. The van der Waals surface area contributed by atoms with E-state index in [9.17, 15) is 0 Å². The number of aromatic nitrogens is 3. The fourth-order valence-corrected chi connectivity index (χ4v) is 3.13. The largest absolute Gasteiger partial charge is 0.369 e. The number of nitrogens with one attached hydrogen (secondary N) is 1. The number of fused-ring (bicyclic) bond motifs is 1. The first-order valence-electron chi connectivity index (χ1n) is 7.58. The molecule has 0 saturated carbocycles. The Hall–Kier alpha value is -2.62. The third-order valence-electron chi connectivity index (χ3n) is 4.17. The summed E-state index contributed by atoms with van der Waals surface area (Å²) in [7, 11) is 0. The van der Waals surface area contributed by atoms with E-state index in [-0.39, 0.29) is 0 Å². The number of nitrogens with zero attached hydrogens (tertiary/aromatic N) is 3. The molecule has 1 aromatic carbocycles. The first-order chi connectivity index (χ1) is 10.7. The Morgan fingerprint density at radius 2 is 2.09 bits per heavy atom. The van der Waals surface area contributed by atoms with Crippen molar-refractivity contribution < 1.29 is 0 Å². The molecule has 22 heavy (non-hydrogen) atoms. The summed E-state index contributed by atoms with van der Waals surface area (Å²) in [5, 5.41) is 8.36. The molecule has 0 unspecified atom stereocenters. The van der Waals surface area contributed by atoms with Crippen molar-refractivity contribution in [2.45, 2.75) is 20.3 Å². The minimum absolute atomic E-state index is 0.964. The first-order valence-corrected chi connectivity index (χ1v) is 7.58. The zero-order chi connectivity index (χ0) is 15.1. The van der Waals surface area contributed by atoms with Crippen LogP contribution in [0.4, 0.5) is 5.82 Å². The third kappa shape index (κ3) is 1.99. The second kappa shape index (κ2) is 4.98. The van der Waals surface area contributed by atoms with Crippen molar-refractivity contribution in [2.24, 2.45) is 0 Å². The van der Waals surface area contributed by atoms with Crippen molar-refractivity contribution in [1.29, 1.82) is 0 Å². The van der Waals surface area contributed by atoms with Crippen LogP contribution in [-0.4, -0.2) is 21.3 Å². The molecule has 0 bridgehead atoms. The van der Waals surface area contributed by atoms with Crippen LogP contribution in [0.25, 0.3) is 16.9 Å².